The Morgan fingerprint density at radius 1 is 1.00 bits per heavy atom. The lowest BCUT2D eigenvalue weighted by Crippen LogP contribution is -2.45. The molecule has 2 aromatic carbocycles. The summed E-state index contributed by atoms with van der Waals surface area (Å²) in [5.74, 6) is 0.0948. The first kappa shape index (κ1) is 22.8. The van der Waals surface area contributed by atoms with Gasteiger partial charge in [-0.1, -0.05) is 37.0 Å². The SMILES string of the molecule is CCOc1ccc(NC(=O)C[C@@H]2C(=O)N(c3ccc(C)cc3)C(=O)N2C2CCCCC2)cc1. The number of carbonyl (C=O) groups excluding carboxylic acids is 3. The molecule has 0 unspecified atom stereocenters. The van der Waals surface area contributed by atoms with E-state index in [9.17, 15) is 14.4 Å². The highest BCUT2D eigenvalue weighted by Gasteiger charge is 2.49. The Morgan fingerprint density at radius 3 is 2.30 bits per heavy atom. The average Bonchev–Trinajstić information content (AvgIpc) is 3.06. The van der Waals surface area contributed by atoms with Gasteiger partial charge in [0, 0.05) is 11.7 Å². The van der Waals surface area contributed by atoms with Crippen LogP contribution in [0.1, 0.15) is 51.0 Å². The number of urea groups is 1. The first-order valence-electron chi connectivity index (χ1n) is 11.7. The number of anilines is 2. The molecule has 2 aromatic rings. The number of nitrogens with zero attached hydrogens (tertiary/aromatic N) is 2. The van der Waals surface area contributed by atoms with Crippen LogP contribution in [-0.2, 0) is 9.59 Å². The van der Waals surface area contributed by atoms with E-state index in [4.69, 9.17) is 4.74 Å². The van der Waals surface area contributed by atoms with E-state index in [0.29, 0.717) is 18.0 Å². The normalized spacial score (nSPS) is 19.2. The second-order valence-electron chi connectivity index (χ2n) is 8.72. The number of rotatable bonds is 7. The number of amides is 4. The number of benzene rings is 2. The van der Waals surface area contributed by atoms with Crippen molar-refractivity contribution in [2.45, 2.75) is 64.5 Å². The molecule has 1 aliphatic heterocycles. The number of carbonyl (C=O) groups is 3. The van der Waals surface area contributed by atoms with Crippen molar-refractivity contribution in [3.05, 3.63) is 54.1 Å². The van der Waals surface area contributed by atoms with Crippen LogP contribution in [0.4, 0.5) is 16.2 Å². The molecule has 33 heavy (non-hydrogen) atoms. The molecule has 1 heterocycles. The average molecular weight is 450 g/mol. The van der Waals surface area contributed by atoms with Crippen molar-refractivity contribution in [1.82, 2.24) is 4.90 Å². The van der Waals surface area contributed by atoms with Gasteiger partial charge >= 0.3 is 6.03 Å². The summed E-state index contributed by atoms with van der Waals surface area (Å²) in [4.78, 5) is 42.7. The van der Waals surface area contributed by atoms with Crippen molar-refractivity contribution in [1.29, 1.82) is 0 Å². The van der Waals surface area contributed by atoms with Crippen molar-refractivity contribution in [3.8, 4) is 5.75 Å². The molecule has 2 aliphatic rings. The van der Waals surface area contributed by atoms with E-state index >= 15 is 0 Å². The molecule has 1 atom stereocenters. The Morgan fingerprint density at radius 2 is 1.67 bits per heavy atom. The minimum Gasteiger partial charge on any atom is -0.494 e. The van der Waals surface area contributed by atoms with Crippen molar-refractivity contribution in [3.63, 3.8) is 0 Å². The first-order valence-corrected chi connectivity index (χ1v) is 11.7. The Hall–Kier alpha value is -3.35. The van der Waals surface area contributed by atoms with Gasteiger partial charge in [-0.15, -0.1) is 0 Å². The van der Waals surface area contributed by atoms with Gasteiger partial charge in [-0.25, -0.2) is 9.69 Å². The largest absolute Gasteiger partial charge is 0.494 e. The number of nitrogens with one attached hydrogen (secondary N) is 1. The molecule has 4 amide bonds. The van der Waals surface area contributed by atoms with E-state index in [1.54, 1.807) is 41.3 Å². The third kappa shape index (κ3) is 5.02. The van der Waals surface area contributed by atoms with E-state index < -0.39 is 6.04 Å². The lowest BCUT2D eigenvalue weighted by atomic mass is 9.93. The standard InChI is InChI=1S/C26H31N3O4/c1-3-33-22-15-11-19(12-16-22)27-24(30)17-23-25(31)29(21-13-9-18(2)10-14-21)26(32)28(23)20-7-5-4-6-8-20/h9-16,20,23H,3-8,17H2,1-2H3,(H,27,30)/t23-/m1/s1. The smallest absolute Gasteiger partial charge is 0.332 e. The van der Waals surface area contributed by atoms with Gasteiger partial charge in [0.05, 0.1) is 18.7 Å². The van der Waals surface area contributed by atoms with E-state index in [-0.39, 0.29) is 30.3 Å². The molecule has 0 spiro atoms. The Balaban J connectivity index is 1.53. The van der Waals surface area contributed by atoms with Gasteiger partial charge in [0.25, 0.3) is 5.91 Å². The van der Waals surface area contributed by atoms with Crippen LogP contribution in [0.5, 0.6) is 5.75 Å². The number of imide groups is 1. The fourth-order valence-electron chi connectivity index (χ4n) is 4.69. The fourth-order valence-corrected chi connectivity index (χ4v) is 4.69. The minimum absolute atomic E-state index is 0.0195. The van der Waals surface area contributed by atoms with Gasteiger partial charge in [-0.3, -0.25) is 9.59 Å². The molecule has 2 fully saturated rings. The summed E-state index contributed by atoms with van der Waals surface area (Å²) in [6.45, 7) is 4.44. The number of ether oxygens (including phenoxy) is 1. The second kappa shape index (κ2) is 10.1. The predicted octanol–water partition coefficient (Wildman–Crippen LogP) is 4.89. The van der Waals surface area contributed by atoms with Gasteiger partial charge in [0.15, 0.2) is 0 Å². The highest BCUT2D eigenvalue weighted by Crippen LogP contribution is 2.33. The summed E-state index contributed by atoms with van der Waals surface area (Å²) < 4.78 is 5.43. The summed E-state index contributed by atoms with van der Waals surface area (Å²) in [6.07, 6.45) is 4.83. The molecule has 7 nitrogen and oxygen atoms in total. The molecule has 1 saturated carbocycles. The fraction of sp³-hybridized carbons (Fsp3) is 0.423. The van der Waals surface area contributed by atoms with Crippen LogP contribution in [0.15, 0.2) is 48.5 Å². The van der Waals surface area contributed by atoms with E-state index in [1.807, 2.05) is 26.0 Å². The lowest BCUT2D eigenvalue weighted by Gasteiger charge is -2.33. The first-order chi connectivity index (χ1) is 16.0. The molecule has 4 rings (SSSR count). The molecule has 174 valence electrons. The molecule has 0 radical (unpaired) electrons. The van der Waals surface area contributed by atoms with Gasteiger partial charge < -0.3 is 15.0 Å². The summed E-state index contributed by atoms with van der Waals surface area (Å²) in [5, 5.41) is 2.86. The summed E-state index contributed by atoms with van der Waals surface area (Å²) in [6, 6.07) is 13.3. The van der Waals surface area contributed by atoms with Crippen molar-refractivity contribution < 1.29 is 19.1 Å². The Labute approximate surface area is 194 Å². The maximum Gasteiger partial charge on any atom is 0.332 e. The Bertz CT molecular complexity index is 997. The topological polar surface area (TPSA) is 79.0 Å². The molecule has 7 heteroatoms. The molecule has 0 bridgehead atoms. The molecule has 1 saturated heterocycles. The summed E-state index contributed by atoms with van der Waals surface area (Å²) in [5.41, 5.74) is 2.22. The maximum atomic E-state index is 13.4. The number of hydrogen-bond donors (Lipinski definition) is 1. The molecule has 0 aromatic heterocycles. The zero-order valence-electron chi connectivity index (χ0n) is 19.3. The second-order valence-corrected chi connectivity index (χ2v) is 8.72. The van der Waals surface area contributed by atoms with Crippen LogP contribution in [0, 0.1) is 6.92 Å². The third-order valence-electron chi connectivity index (χ3n) is 6.34. The van der Waals surface area contributed by atoms with E-state index in [1.165, 1.54) is 4.90 Å². The maximum absolute atomic E-state index is 13.4. The highest BCUT2D eigenvalue weighted by molar-refractivity contribution is 6.22. The van der Waals surface area contributed by atoms with Gasteiger partial charge in [0.2, 0.25) is 5.91 Å². The van der Waals surface area contributed by atoms with Crippen LogP contribution in [0.2, 0.25) is 0 Å². The molecular weight excluding hydrogens is 418 g/mol. The van der Waals surface area contributed by atoms with Gasteiger partial charge in [-0.05, 0) is 63.1 Å². The van der Waals surface area contributed by atoms with Crippen LogP contribution >= 0.6 is 0 Å². The molecule has 1 N–H and O–H groups in total. The van der Waals surface area contributed by atoms with Crippen LogP contribution in [0.3, 0.4) is 0 Å². The molecule has 1 aliphatic carbocycles. The quantitative estimate of drug-likeness (QED) is 0.610. The monoisotopic (exact) mass is 449 g/mol. The van der Waals surface area contributed by atoms with E-state index in [0.717, 1.165) is 43.4 Å². The summed E-state index contributed by atoms with van der Waals surface area (Å²) in [7, 11) is 0. The van der Waals surface area contributed by atoms with Gasteiger partial charge in [-0.2, -0.15) is 0 Å². The van der Waals surface area contributed by atoms with Crippen molar-refractivity contribution in [2.24, 2.45) is 0 Å². The van der Waals surface area contributed by atoms with Crippen LogP contribution in [0.25, 0.3) is 0 Å². The zero-order valence-corrected chi connectivity index (χ0v) is 19.3. The molecular formula is C26H31N3O4. The van der Waals surface area contributed by atoms with Crippen LogP contribution < -0.4 is 15.0 Å². The van der Waals surface area contributed by atoms with Crippen molar-refractivity contribution >= 4 is 29.2 Å². The third-order valence-corrected chi connectivity index (χ3v) is 6.34. The lowest BCUT2D eigenvalue weighted by molar-refractivity contribution is -0.125. The predicted molar refractivity (Wildman–Crippen MR) is 127 cm³/mol. The van der Waals surface area contributed by atoms with Gasteiger partial charge in [0.1, 0.15) is 11.8 Å². The number of hydrogen-bond acceptors (Lipinski definition) is 4. The summed E-state index contributed by atoms with van der Waals surface area (Å²) >= 11 is 0. The Kier molecular flexibility index (Phi) is 6.96. The zero-order chi connectivity index (χ0) is 23.4. The van der Waals surface area contributed by atoms with Crippen molar-refractivity contribution in [2.75, 3.05) is 16.8 Å². The minimum atomic E-state index is -0.801. The van der Waals surface area contributed by atoms with E-state index in [2.05, 4.69) is 5.32 Å². The van der Waals surface area contributed by atoms with Crippen LogP contribution in [-0.4, -0.2) is 41.4 Å². The highest BCUT2D eigenvalue weighted by atomic mass is 16.5. The number of aryl methyl sites for hydroxylation is 1.